The van der Waals surface area contributed by atoms with Gasteiger partial charge in [0.2, 0.25) is 5.91 Å². The zero-order valence-electron chi connectivity index (χ0n) is 14.7. The molecule has 1 amide bonds. The van der Waals surface area contributed by atoms with Crippen LogP contribution in [0.1, 0.15) is 36.1 Å². The van der Waals surface area contributed by atoms with E-state index in [1.807, 2.05) is 0 Å². The predicted molar refractivity (Wildman–Crippen MR) is 101 cm³/mol. The second kappa shape index (κ2) is 7.21. The first-order valence-corrected chi connectivity index (χ1v) is 10.7. The molecular weight excluding hydrogens is 354 g/mol. The lowest BCUT2D eigenvalue weighted by Gasteiger charge is -2.43. The SMILES string of the molecule is Cc1sc2ncnc(SCC(=O)N3CCO[C@H]4CCCC[C@@H]43)c2c1C. The normalized spacial score (nSPS) is 23.7. The molecule has 2 atom stereocenters. The van der Waals surface area contributed by atoms with E-state index in [1.165, 1.54) is 23.3 Å². The molecule has 1 saturated carbocycles. The van der Waals surface area contributed by atoms with Gasteiger partial charge in [-0.05, 0) is 32.3 Å². The van der Waals surface area contributed by atoms with Crippen molar-refractivity contribution in [3.63, 3.8) is 0 Å². The molecule has 5 nitrogen and oxygen atoms in total. The van der Waals surface area contributed by atoms with Crippen molar-refractivity contribution in [3.05, 3.63) is 16.8 Å². The monoisotopic (exact) mass is 377 g/mol. The van der Waals surface area contributed by atoms with Crippen molar-refractivity contribution in [1.82, 2.24) is 14.9 Å². The van der Waals surface area contributed by atoms with Crippen LogP contribution in [0.5, 0.6) is 0 Å². The van der Waals surface area contributed by atoms with Crippen LogP contribution in [0.2, 0.25) is 0 Å². The smallest absolute Gasteiger partial charge is 0.233 e. The number of carbonyl (C=O) groups is 1. The molecule has 0 aromatic carbocycles. The fourth-order valence-corrected chi connectivity index (χ4v) is 5.88. The number of thiophene rings is 1. The molecule has 4 rings (SSSR count). The zero-order valence-corrected chi connectivity index (χ0v) is 16.3. The molecule has 0 radical (unpaired) electrons. The summed E-state index contributed by atoms with van der Waals surface area (Å²) in [6, 6.07) is 0.270. The summed E-state index contributed by atoms with van der Waals surface area (Å²) in [4.78, 5) is 26.0. The van der Waals surface area contributed by atoms with Crippen LogP contribution in [-0.4, -0.2) is 51.8 Å². The molecule has 1 saturated heterocycles. The number of aromatic nitrogens is 2. The Bertz CT molecular complexity index is 790. The Morgan fingerprint density at radius 1 is 1.36 bits per heavy atom. The number of nitrogens with zero attached hydrogens (tertiary/aromatic N) is 3. The summed E-state index contributed by atoms with van der Waals surface area (Å²) in [6.07, 6.45) is 6.41. The molecule has 0 unspecified atom stereocenters. The van der Waals surface area contributed by atoms with Gasteiger partial charge in [-0.25, -0.2) is 9.97 Å². The Hall–Kier alpha value is -1.18. The predicted octanol–water partition coefficient (Wildman–Crippen LogP) is 3.57. The molecule has 25 heavy (non-hydrogen) atoms. The third-order valence-corrected chi connectivity index (χ3v) is 7.40. The summed E-state index contributed by atoms with van der Waals surface area (Å²) in [5.41, 5.74) is 1.23. The minimum atomic E-state index is 0.210. The third kappa shape index (κ3) is 3.29. The number of thioether (sulfide) groups is 1. The Kier molecular flexibility index (Phi) is 4.97. The number of morpholine rings is 1. The summed E-state index contributed by atoms with van der Waals surface area (Å²) in [5, 5.41) is 2.04. The van der Waals surface area contributed by atoms with Crippen LogP contribution < -0.4 is 0 Å². The molecule has 134 valence electrons. The number of aryl methyl sites for hydroxylation is 2. The second-order valence-electron chi connectivity index (χ2n) is 6.78. The van der Waals surface area contributed by atoms with Crippen molar-refractivity contribution in [3.8, 4) is 0 Å². The Morgan fingerprint density at radius 3 is 3.08 bits per heavy atom. The van der Waals surface area contributed by atoms with Crippen molar-refractivity contribution in [2.45, 2.75) is 56.7 Å². The molecule has 2 aromatic rings. The van der Waals surface area contributed by atoms with Crippen LogP contribution in [-0.2, 0) is 9.53 Å². The first kappa shape index (κ1) is 17.2. The van der Waals surface area contributed by atoms with Gasteiger partial charge < -0.3 is 9.64 Å². The van der Waals surface area contributed by atoms with E-state index in [-0.39, 0.29) is 18.1 Å². The van der Waals surface area contributed by atoms with Crippen molar-refractivity contribution in [2.75, 3.05) is 18.9 Å². The molecule has 0 bridgehead atoms. The van der Waals surface area contributed by atoms with Crippen LogP contribution in [0.4, 0.5) is 0 Å². The summed E-state index contributed by atoms with van der Waals surface area (Å²) in [5.74, 6) is 0.644. The molecule has 0 N–H and O–H groups in total. The van der Waals surface area contributed by atoms with Gasteiger partial charge in [-0.3, -0.25) is 4.79 Å². The van der Waals surface area contributed by atoms with Gasteiger partial charge in [0, 0.05) is 16.8 Å². The second-order valence-corrected chi connectivity index (χ2v) is 8.95. The van der Waals surface area contributed by atoms with E-state index >= 15 is 0 Å². The van der Waals surface area contributed by atoms with Gasteiger partial charge in [0.1, 0.15) is 16.2 Å². The molecule has 1 aliphatic heterocycles. The molecule has 3 heterocycles. The standard InChI is InChI=1S/C18H23N3O2S2/c1-11-12(2)25-18-16(11)17(19-10-20-18)24-9-15(22)21-7-8-23-14-6-4-3-5-13(14)21/h10,13-14H,3-9H2,1-2H3/t13-,14-/m0/s1. The van der Waals surface area contributed by atoms with Gasteiger partial charge in [-0.1, -0.05) is 24.6 Å². The van der Waals surface area contributed by atoms with Gasteiger partial charge >= 0.3 is 0 Å². The Morgan fingerprint density at radius 2 is 2.20 bits per heavy atom. The Labute approximate surface area is 156 Å². The largest absolute Gasteiger partial charge is 0.374 e. The van der Waals surface area contributed by atoms with Crippen LogP contribution in [0.3, 0.4) is 0 Å². The van der Waals surface area contributed by atoms with Crippen LogP contribution in [0, 0.1) is 13.8 Å². The van der Waals surface area contributed by atoms with Crippen LogP contribution in [0.15, 0.2) is 11.4 Å². The summed E-state index contributed by atoms with van der Waals surface area (Å²) in [7, 11) is 0. The van der Waals surface area contributed by atoms with Crippen LogP contribution in [0.25, 0.3) is 10.2 Å². The maximum Gasteiger partial charge on any atom is 0.233 e. The van der Waals surface area contributed by atoms with Crippen LogP contribution >= 0.6 is 23.1 Å². The molecule has 2 aromatic heterocycles. The molecule has 1 aliphatic carbocycles. The highest BCUT2D eigenvalue weighted by Crippen LogP contribution is 2.35. The Balaban J connectivity index is 1.49. The average molecular weight is 378 g/mol. The summed E-state index contributed by atoms with van der Waals surface area (Å²) < 4.78 is 5.88. The average Bonchev–Trinajstić information content (AvgIpc) is 2.94. The maximum absolute atomic E-state index is 12.9. The lowest BCUT2D eigenvalue weighted by atomic mass is 9.90. The number of hydrogen-bond acceptors (Lipinski definition) is 6. The summed E-state index contributed by atoms with van der Waals surface area (Å²) in [6.45, 7) is 5.60. The fraction of sp³-hybridized carbons (Fsp3) is 0.611. The zero-order chi connectivity index (χ0) is 17.4. The van der Waals surface area contributed by atoms with Crippen molar-refractivity contribution >= 4 is 39.2 Å². The number of ether oxygens (including phenoxy) is 1. The summed E-state index contributed by atoms with van der Waals surface area (Å²) >= 11 is 3.24. The molecular formula is C18H23N3O2S2. The fourth-order valence-electron chi connectivity index (χ4n) is 3.88. The first-order chi connectivity index (χ1) is 12.1. The number of fused-ring (bicyclic) bond motifs is 2. The van der Waals surface area contributed by atoms with E-state index in [1.54, 1.807) is 29.4 Å². The highest BCUT2D eigenvalue weighted by Gasteiger charge is 2.36. The molecule has 2 fully saturated rings. The highest BCUT2D eigenvalue weighted by molar-refractivity contribution is 8.00. The number of hydrogen-bond donors (Lipinski definition) is 0. The lowest BCUT2D eigenvalue weighted by Crippen LogP contribution is -2.55. The quantitative estimate of drug-likeness (QED) is 0.605. The van der Waals surface area contributed by atoms with Gasteiger partial charge in [-0.15, -0.1) is 11.3 Å². The van der Waals surface area contributed by atoms with Crippen molar-refractivity contribution < 1.29 is 9.53 Å². The van der Waals surface area contributed by atoms with E-state index in [0.29, 0.717) is 12.4 Å². The minimum absolute atomic E-state index is 0.210. The van der Waals surface area contributed by atoms with Gasteiger partial charge in [0.05, 0.1) is 24.5 Å². The van der Waals surface area contributed by atoms with E-state index in [9.17, 15) is 4.79 Å². The number of rotatable bonds is 3. The van der Waals surface area contributed by atoms with E-state index in [4.69, 9.17) is 4.74 Å². The van der Waals surface area contributed by atoms with Gasteiger partial charge in [-0.2, -0.15) is 0 Å². The maximum atomic E-state index is 12.9. The van der Waals surface area contributed by atoms with E-state index in [2.05, 4.69) is 28.7 Å². The van der Waals surface area contributed by atoms with E-state index < -0.39 is 0 Å². The highest BCUT2D eigenvalue weighted by atomic mass is 32.2. The molecule has 0 spiro atoms. The topological polar surface area (TPSA) is 55.3 Å². The van der Waals surface area contributed by atoms with Gasteiger partial charge in [0.15, 0.2) is 0 Å². The third-order valence-electron chi connectivity index (χ3n) is 5.32. The molecule has 7 heteroatoms. The number of amides is 1. The minimum Gasteiger partial charge on any atom is -0.374 e. The lowest BCUT2D eigenvalue weighted by molar-refractivity contribution is -0.146. The molecule has 2 aliphatic rings. The first-order valence-electron chi connectivity index (χ1n) is 8.89. The number of carbonyl (C=O) groups excluding carboxylic acids is 1. The van der Waals surface area contributed by atoms with E-state index in [0.717, 1.165) is 34.6 Å². The van der Waals surface area contributed by atoms with Crippen molar-refractivity contribution in [2.24, 2.45) is 0 Å². The van der Waals surface area contributed by atoms with Gasteiger partial charge in [0.25, 0.3) is 0 Å². The van der Waals surface area contributed by atoms with Crippen molar-refractivity contribution in [1.29, 1.82) is 0 Å².